The van der Waals surface area contributed by atoms with Gasteiger partial charge in [-0.1, -0.05) is 44.7 Å². The summed E-state index contributed by atoms with van der Waals surface area (Å²) >= 11 is 0. The quantitative estimate of drug-likeness (QED) is 0.511. The molecule has 4 bridgehead atoms. The molecule has 4 aliphatic rings. The van der Waals surface area contributed by atoms with Gasteiger partial charge in [0.25, 0.3) is 5.56 Å². The van der Waals surface area contributed by atoms with Crippen molar-refractivity contribution >= 4 is 16.9 Å². The van der Waals surface area contributed by atoms with Gasteiger partial charge in [-0.2, -0.15) is 0 Å². The number of hydrogen-bond acceptors (Lipinski definition) is 5. The molecular formula is C30H41N3O3. The highest BCUT2D eigenvalue weighted by Gasteiger charge is 2.47. The van der Waals surface area contributed by atoms with E-state index in [9.17, 15) is 9.59 Å². The molecule has 0 radical (unpaired) electrons. The number of ether oxygens (including phenoxy) is 1. The summed E-state index contributed by atoms with van der Waals surface area (Å²) in [5, 5.41) is 0.586. The summed E-state index contributed by atoms with van der Waals surface area (Å²) in [7, 11) is 0. The van der Waals surface area contributed by atoms with Crippen LogP contribution in [0.2, 0.25) is 0 Å². The summed E-state index contributed by atoms with van der Waals surface area (Å²) in [6, 6.07) is 8.98. The molecule has 7 atom stereocenters. The van der Waals surface area contributed by atoms with Gasteiger partial charge in [-0.05, 0) is 81.8 Å². The van der Waals surface area contributed by atoms with Crippen molar-refractivity contribution in [3.05, 3.63) is 40.4 Å². The molecule has 0 amide bonds. The Morgan fingerprint density at radius 3 is 2.44 bits per heavy atom. The Hall–Kier alpha value is -2.21. The number of carbonyl (C=O) groups excluding carboxylic acids is 1. The van der Waals surface area contributed by atoms with Gasteiger partial charge < -0.3 is 4.74 Å². The summed E-state index contributed by atoms with van der Waals surface area (Å²) in [5.41, 5.74) is 0.467. The highest BCUT2D eigenvalue weighted by Crippen LogP contribution is 2.48. The van der Waals surface area contributed by atoms with Crippen LogP contribution in [0, 0.1) is 17.8 Å². The second-order valence-electron chi connectivity index (χ2n) is 12.1. The standard InChI is InChI=1S/C30H41N3O3/c1-3-36-30(35)28-31-26-11-7-6-10-25(26)29(34)33(28)24-17-22-13-12-19(2)27(18-24)32(22)23-15-20-8-4-5-9-21(14-20)16-23/h6-7,10-11,19-24,27H,3-5,8-9,12-18H2,1-2H3/t19-,20-,21+,22+,23?,24?,27+/m0/s1. The number of carbonyl (C=O) groups is 1. The van der Waals surface area contributed by atoms with Crippen molar-refractivity contribution in [2.24, 2.45) is 17.8 Å². The molecule has 6 rings (SSSR count). The largest absolute Gasteiger partial charge is 0.460 e. The third kappa shape index (κ3) is 4.29. The Kier molecular flexibility index (Phi) is 6.65. The highest BCUT2D eigenvalue weighted by molar-refractivity contribution is 5.89. The van der Waals surface area contributed by atoms with Crippen LogP contribution in [-0.2, 0) is 4.74 Å². The van der Waals surface area contributed by atoms with Gasteiger partial charge in [-0.25, -0.2) is 9.78 Å². The maximum absolute atomic E-state index is 13.8. The molecule has 2 aliphatic carbocycles. The van der Waals surface area contributed by atoms with Gasteiger partial charge in [0, 0.05) is 24.2 Å². The molecule has 3 heterocycles. The van der Waals surface area contributed by atoms with Crippen LogP contribution < -0.4 is 5.56 Å². The SMILES string of the molecule is CCOC(=O)c1nc2ccccc2c(=O)n1C1C[C@H]2CC[C@H](C)[C@@H](C1)N2C1C[C@H]2CCCC[C@@H](C1)C2. The number of aromatic nitrogens is 2. The lowest BCUT2D eigenvalue weighted by Gasteiger charge is -2.56. The van der Waals surface area contributed by atoms with Crippen LogP contribution in [0.4, 0.5) is 0 Å². The number of hydrogen-bond donors (Lipinski definition) is 0. The molecule has 4 fully saturated rings. The minimum Gasteiger partial charge on any atom is -0.460 e. The number of para-hydroxylation sites is 1. The number of rotatable bonds is 4. The monoisotopic (exact) mass is 491 g/mol. The molecule has 2 saturated carbocycles. The lowest BCUT2D eigenvalue weighted by Crippen LogP contribution is -2.61. The van der Waals surface area contributed by atoms with E-state index in [0.29, 0.717) is 34.9 Å². The molecule has 36 heavy (non-hydrogen) atoms. The second kappa shape index (κ2) is 9.92. The first-order chi connectivity index (χ1) is 17.5. The smallest absolute Gasteiger partial charge is 0.374 e. The number of fused-ring (bicyclic) bond motifs is 5. The van der Waals surface area contributed by atoms with E-state index in [1.54, 1.807) is 11.5 Å². The van der Waals surface area contributed by atoms with Gasteiger partial charge in [-0.3, -0.25) is 14.3 Å². The fourth-order valence-electron chi connectivity index (χ4n) is 8.36. The van der Waals surface area contributed by atoms with Gasteiger partial charge in [-0.15, -0.1) is 0 Å². The topological polar surface area (TPSA) is 64.4 Å². The zero-order chi connectivity index (χ0) is 24.8. The van der Waals surface area contributed by atoms with Gasteiger partial charge in [0.05, 0.1) is 17.5 Å². The summed E-state index contributed by atoms with van der Waals surface area (Å²) < 4.78 is 7.10. The average Bonchev–Trinajstić information content (AvgIpc) is 3.05. The molecule has 2 aliphatic heterocycles. The third-order valence-corrected chi connectivity index (χ3v) is 9.88. The second-order valence-corrected chi connectivity index (χ2v) is 12.1. The lowest BCUT2D eigenvalue weighted by atomic mass is 9.71. The minimum atomic E-state index is -0.489. The summed E-state index contributed by atoms with van der Waals surface area (Å²) in [6.07, 6.45) is 14.1. The Morgan fingerprint density at radius 1 is 0.944 bits per heavy atom. The molecule has 6 nitrogen and oxygen atoms in total. The number of benzene rings is 1. The van der Waals surface area contributed by atoms with Gasteiger partial charge in [0.15, 0.2) is 0 Å². The Labute approximate surface area is 214 Å². The fourth-order valence-corrected chi connectivity index (χ4v) is 8.36. The molecule has 2 saturated heterocycles. The van der Waals surface area contributed by atoms with Crippen LogP contribution >= 0.6 is 0 Å². The van der Waals surface area contributed by atoms with E-state index in [1.165, 1.54) is 57.8 Å². The van der Waals surface area contributed by atoms with E-state index in [4.69, 9.17) is 4.74 Å². The fraction of sp³-hybridized carbons (Fsp3) is 0.700. The van der Waals surface area contributed by atoms with Gasteiger partial charge in [0.1, 0.15) is 0 Å². The number of piperidine rings is 2. The number of nitrogens with zero attached hydrogens (tertiary/aromatic N) is 3. The maximum Gasteiger partial charge on any atom is 0.374 e. The molecule has 1 aromatic heterocycles. The Morgan fingerprint density at radius 2 is 1.69 bits per heavy atom. The predicted molar refractivity (Wildman–Crippen MR) is 141 cm³/mol. The van der Waals surface area contributed by atoms with Crippen molar-refractivity contribution in [1.82, 2.24) is 14.5 Å². The molecule has 194 valence electrons. The predicted octanol–water partition coefficient (Wildman–Crippen LogP) is 5.74. The lowest BCUT2D eigenvalue weighted by molar-refractivity contribution is -0.0651. The summed E-state index contributed by atoms with van der Waals surface area (Å²) in [5.74, 6) is 2.08. The Bertz CT molecular complexity index is 1160. The third-order valence-electron chi connectivity index (χ3n) is 9.88. The van der Waals surface area contributed by atoms with Crippen molar-refractivity contribution in [1.29, 1.82) is 0 Å². The minimum absolute atomic E-state index is 0.0196. The molecule has 0 N–H and O–H groups in total. The van der Waals surface area contributed by atoms with Crippen LogP contribution in [0.15, 0.2) is 29.1 Å². The van der Waals surface area contributed by atoms with Crippen molar-refractivity contribution in [2.45, 2.75) is 109 Å². The van der Waals surface area contributed by atoms with Crippen LogP contribution in [-0.4, -0.2) is 45.2 Å². The van der Waals surface area contributed by atoms with E-state index < -0.39 is 5.97 Å². The van der Waals surface area contributed by atoms with Crippen molar-refractivity contribution in [3.63, 3.8) is 0 Å². The van der Waals surface area contributed by atoms with Crippen molar-refractivity contribution in [3.8, 4) is 0 Å². The highest BCUT2D eigenvalue weighted by atomic mass is 16.5. The van der Waals surface area contributed by atoms with Crippen LogP contribution in [0.3, 0.4) is 0 Å². The zero-order valence-corrected chi connectivity index (χ0v) is 21.9. The number of esters is 1. The zero-order valence-electron chi connectivity index (χ0n) is 21.9. The molecule has 6 heteroatoms. The van der Waals surface area contributed by atoms with E-state index in [2.05, 4.69) is 16.8 Å². The van der Waals surface area contributed by atoms with Crippen molar-refractivity contribution < 1.29 is 9.53 Å². The molecule has 2 unspecified atom stereocenters. The van der Waals surface area contributed by atoms with E-state index in [0.717, 1.165) is 24.7 Å². The van der Waals surface area contributed by atoms with Crippen LogP contribution in [0.1, 0.15) is 101 Å². The first kappa shape index (κ1) is 24.1. The first-order valence-corrected chi connectivity index (χ1v) is 14.5. The molecule has 0 spiro atoms. The van der Waals surface area contributed by atoms with Crippen LogP contribution in [0.25, 0.3) is 10.9 Å². The van der Waals surface area contributed by atoms with Crippen molar-refractivity contribution in [2.75, 3.05) is 6.61 Å². The summed E-state index contributed by atoms with van der Waals surface area (Å²) in [4.78, 5) is 34.4. The van der Waals surface area contributed by atoms with E-state index >= 15 is 0 Å². The molecular weight excluding hydrogens is 450 g/mol. The van der Waals surface area contributed by atoms with E-state index in [-0.39, 0.29) is 24.0 Å². The normalized spacial score (nSPS) is 34.8. The van der Waals surface area contributed by atoms with Crippen LogP contribution in [0.5, 0.6) is 0 Å². The van der Waals surface area contributed by atoms with E-state index in [1.807, 2.05) is 24.3 Å². The maximum atomic E-state index is 13.8. The summed E-state index contributed by atoms with van der Waals surface area (Å²) in [6.45, 7) is 4.47. The Balaban J connectivity index is 1.36. The molecule has 1 aromatic carbocycles. The first-order valence-electron chi connectivity index (χ1n) is 14.5. The average molecular weight is 492 g/mol. The van der Waals surface area contributed by atoms with Gasteiger partial charge >= 0.3 is 5.97 Å². The van der Waals surface area contributed by atoms with Gasteiger partial charge in [0.2, 0.25) is 5.82 Å². The molecule has 2 aromatic rings.